The van der Waals surface area contributed by atoms with Crippen molar-refractivity contribution in [1.82, 2.24) is 5.32 Å². The molecule has 0 radical (unpaired) electrons. The predicted octanol–water partition coefficient (Wildman–Crippen LogP) is 0.130. The third-order valence-corrected chi connectivity index (χ3v) is 1.97. The van der Waals surface area contributed by atoms with Crippen LogP contribution in [0, 0.1) is 0 Å². The van der Waals surface area contributed by atoms with Gasteiger partial charge in [0.1, 0.15) is 17.1 Å². The van der Waals surface area contributed by atoms with Crippen LogP contribution in [-0.4, -0.2) is 36.1 Å². The first kappa shape index (κ1) is 15.1. The fraction of sp³-hybridized carbons (Fsp3) is 0.0909. The van der Waals surface area contributed by atoms with Crippen LogP contribution in [0.4, 0.5) is 9.59 Å². The van der Waals surface area contributed by atoms with Crippen molar-refractivity contribution in [2.45, 2.75) is 0 Å². The summed E-state index contributed by atoms with van der Waals surface area (Å²) in [5, 5.41) is 10.3. The highest BCUT2D eigenvalue weighted by atomic mass is 16.7. The van der Waals surface area contributed by atoms with Crippen LogP contribution in [0.5, 0.6) is 11.5 Å². The molecule has 0 bridgehead atoms. The lowest BCUT2D eigenvalue weighted by Gasteiger charge is -2.09. The average molecular weight is 282 g/mol. The maximum Gasteiger partial charge on any atom is 0.511 e. The lowest BCUT2D eigenvalue weighted by atomic mass is 10.2. The Hall–Kier alpha value is -2.94. The van der Waals surface area contributed by atoms with Crippen LogP contribution in [0.1, 0.15) is 10.4 Å². The predicted molar refractivity (Wildman–Crippen MR) is 63.7 cm³/mol. The number of nitrogens with one attached hydrogen (secondary N) is 1. The van der Waals surface area contributed by atoms with Gasteiger partial charge in [-0.15, -0.1) is 0 Å². The lowest BCUT2D eigenvalue weighted by Crippen LogP contribution is -2.37. The molecule has 0 aliphatic carbocycles. The summed E-state index contributed by atoms with van der Waals surface area (Å²) in [7, 11) is 0. The molecule has 0 saturated carbocycles. The quantitative estimate of drug-likeness (QED) is 0.401. The number of benzene rings is 1. The van der Waals surface area contributed by atoms with Crippen LogP contribution in [0.15, 0.2) is 18.2 Å². The number of carbonyl (C=O) groups excluding carboxylic acids is 3. The molecular weight excluding hydrogens is 272 g/mol. The Morgan fingerprint density at radius 1 is 1.25 bits per heavy atom. The van der Waals surface area contributed by atoms with Gasteiger partial charge in [-0.25, -0.2) is 9.59 Å². The lowest BCUT2D eigenvalue weighted by molar-refractivity contribution is -0.118. The molecule has 0 saturated heterocycles. The van der Waals surface area contributed by atoms with Gasteiger partial charge < -0.3 is 20.3 Å². The van der Waals surface area contributed by atoms with Crippen LogP contribution in [0.2, 0.25) is 0 Å². The Kier molecular flexibility index (Phi) is 5.18. The molecule has 0 aromatic heterocycles. The van der Waals surface area contributed by atoms with Gasteiger partial charge >= 0.3 is 12.2 Å². The number of imide groups is 1. The number of amides is 2. The van der Waals surface area contributed by atoms with E-state index in [-0.39, 0.29) is 23.3 Å². The van der Waals surface area contributed by atoms with Crippen LogP contribution in [-0.2, 0) is 4.79 Å². The van der Waals surface area contributed by atoms with Crippen molar-refractivity contribution in [2.24, 2.45) is 5.73 Å². The molecule has 0 heterocycles. The molecule has 0 unspecified atom stereocenters. The van der Waals surface area contributed by atoms with Crippen molar-refractivity contribution >= 4 is 24.4 Å². The molecular formula is C11H10N2O7. The summed E-state index contributed by atoms with van der Waals surface area (Å²) in [6.45, 7) is -0.419. The summed E-state index contributed by atoms with van der Waals surface area (Å²) in [5.74, 6) is -1.34. The molecule has 0 aliphatic heterocycles. The number of hydrogen-bond acceptors (Lipinski definition) is 7. The summed E-state index contributed by atoms with van der Waals surface area (Å²) in [6.07, 6.45) is -2.53. The van der Waals surface area contributed by atoms with E-state index in [0.717, 1.165) is 0 Å². The van der Waals surface area contributed by atoms with E-state index in [1.807, 2.05) is 0 Å². The standard InChI is InChI=1S/C11H10N2O7/c12-4-9(15)13-10(16)19-7-2-1-3-8(6(7)5-14)20-11(17)18/h1-3,5H,4,12H2,(H,17,18)(H,13,15,16). The van der Waals surface area contributed by atoms with Crippen molar-refractivity contribution in [1.29, 1.82) is 0 Å². The zero-order valence-corrected chi connectivity index (χ0v) is 9.99. The Labute approximate surface area is 112 Å². The molecule has 4 N–H and O–H groups in total. The number of carboxylic acid groups (broad SMARTS) is 1. The van der Waals surface area contributed by atoms with E-state index >= 15 is 0 Å². The van der Waals surface area contributed by atoms with Gasteiger partial charge in [-0.2, -0.15) is 0 Å². The first-order valence-electron chi connectivity index (χ1n) is 5.18. The van der Waals surface area contributed by atoms with E-state index < -0.39 is 24.7 Å². The molecule has 1 aromatic carbocycles. The Morgan fingerprint density at radius 3 is 2.35 bits per heavy atom. The number of carbonyl (C=O) groups is 4. The normalized spacial score (nSPS) is 9.45. The van der Waals surface area contributed by atoms with Gasteiger partial charge in [0.2, 0.25) is 5.91 Å². The van der Waals surface area contributed by atoms with Gasteiger partial charge in [0.25, 0.3) is 0 Å². The SMILES string of the molecule is NCC(=O)NC(=O)Oc1cccc(OC(=O)O)c1C=O. The zero-order chi connectivity index (χ0) is 15.1. The average Bonchev–Trinajstić information content (AvgIpc) is 2.38. The van der Waals surface area contributed by atoms with Gasteiger partial charge in [-0.3, -0.25) is 14.9 Å². The summed E-state index contributed by atoms with van der Waals surface area (Å²) in [5.41, 5.74) is 4.70. The summed E-state index contributed by atoms with van der Waals surface area (Å²) in [4.78, 5) is 43.5. The molecule has 0 fully saturated rings. The number of aldehydes is 1. The van der Waals surface area contributed by atoms with Gasteiger partial charge in [-0.05, 0) is 12.1 Å². The molecule has 0 spiro atoms. The molecule has 9 heteroatoms. The third kappa shape index (κ3) is 4.07. The van der Waals surface area contributed by atoms with Crippen molar-refractivity contribution in [3.63, 3.8) is 0 Å². The summed E-state index contributed by atoms with van der Waals surface area (Å²) >= 11 is 0. The highest BCUT2D eigenvalue weighted by Gasteiger charge is 2.16. The fourth-order valence-corrected chi connectivity index (χ4v) is 1.20. The first-order valence-corrected chi connectivity index (χ1v) is 5.18. The Morgan fingerprint density at radius 2 is 1.85 bits per heavy atom. The number of hydrogen-bond donors (Lipinski definition) is 3. The smallest absolute Gasteiger partial charge is 0.449 e. The highest BCUT2D eigenvalue weighted by molar-refractivity contribution is 5.94. The van der Waals surface area contributed by atoms with Crippen LogP contribution in [0.25, 0.3) is 0 Å². The van der Waals surface area contributed by atoms with Crippen molar-refractivity contribution in [3.8, 4) is 11.5 Å². The topological polar surface area (TPSA) is 145 Å². The zero-order valence-electron chi connectivity index (χ0n) is 9.99. The van der Waals surface area contributed by atoms with Gasteiger partial charge in [0.05, 0.1) is 6.54 Å². The molecule has 9 nitrogen and oxygen atoms in total. The van der Waals surface area contributed by atoms with Crippen LogP contribution in [0.3, 0.4) is 0 Å². The van der Waals surface area contributed by atoms with E-state index in [0.29, 0.717) is 0 Å². The largest absolute Gasteiger partial charge is 0.511 e. The van der Waals surface area contributed by atoms with E-state index in [4.69, 9.17) is 15.6 Å². The minimum absolute atomic E-state index is 0.256. The summed E-state index contributed by atoms with van der Waals surface area (Å²) < 4.78 is 9.05. The van der Waals surface area contributed by atoms with E-state index in [1.165, 1.54) is 18.2 Å². The monoisotopic (exact) mass is 282 g/mol. The van der Waals surface area contributed by atoms with Gasteiger partial charge in [0.15, 0.2) is 6.29 Å². The fourth-order valence-electron chi connectivity index (χ4n) is 1.20. The van der Waals surface area contributed by atoms with Gasteiger partial charge in [0, 0.05) is 0 Å². The van der Waals surface area contributed by atoms with Crippen molar-refractivity contribution in [2.75, 3.05) is 6.54 Å². The third-order valence-electron chi connectivity index (χ3n) is 1.97. The molecule has 106 valence electrons. The van der Waals surface area contributed by atoms with Crippen molar-refractivity contribution < 1.29 is 33.8 Å². The molecule has 2 amide bonds. The number of rotatable bonds is 4. The second-order valence-corrected chi connectivity index (χ2v) is 3.30. The van der Waals surface area contributed by atoms with Crippen LogP contribution < -0.4 is 20.5 Å². The minimum atomic E-state index is -1.63. The Bertz CT molecular complexity index is 556. The summed E-state index contributed by atoms with van der Waals surface area (Å²) in [6, 6.07) is 3.73. The van der Waals surface area contributed by atoms with E-state index in [1.54, 1.807) is 5.32 Å². The highest BCUT2D eigenvalue weighted by Crippen LogP contribution is 2.26. The van der Waals surface area contributed by atoms with Crippen molar-refractivity contribution in [3.05, 3.63) is 23.8 Å². The second-order valence-electron chi connectivity index (χ2n) is 3.30. The van der Waals surface area contributed by atoms with Gasteiger partial charge in [-0.1, -0.05) is 6.07 Å². The second kappa shape index (κ2) is 6.85. The molecule has 0 aliphatic rings. The maximum absolute atomic E-state index is 11.3. The maximum atomic E-state index is 11.3. The van der Waals surface area contributed by atoms with Crippen LogP contribution >= 0.6 is 0 Å². The number of nitrogens with two attached hydrogens (primary N) is 1. The molecule has 20 heavy (non-hydrogen) atoms. The molecule has 1 aromatic rings. The van der Waals surface area contributed by atoms with E-state index in [2.05, 4.69) is 4.74 Å². The molecule has 0 atom stereocenters. The minimum Gasteiger partial charge on any atom is -0.449 e. The number of ether oxygens (including phenoxy) is 2. The Balaban J connectivity index is 2.95. The van der Waals surface area contributed by atoms with E-state index in [9.17, 15) is 19.2 Å². The molecule has 1 rings (SSSR count). The first-order chi connectivity index (χ1) is 9.47.